The van der Waals surface area contributed by atoms with Crippen LogP contribution in [0.4, 0.5) is 19.8 Å². The van der Waals surface area contributed by atoms with Gasteiger partial charge in [-0.15, -0.1) is 0 Å². The van der Waals surface area contributed by atoms with Gasteiger partial charge in [0.2, 0.25) is 0 Å². The summed E-state index contributed by atoms with van der Waals surface area (Å²) in [6.07, 6.45) is -1.79. The number of pyridine rings is 1. The lowest BCUT2D eigenvalue weighted by Gasteiger charge is -2.29. The van der Waals surface area contributed by atoms with Gasteiger partial charge in [0.05, 0.1) is 5.56 Å². The SMILES string of the molecule is CC(Oc1cc(Br)cnc1N(C(=O)OC(C)(C)C)C(=O)OC(C)(C)C)c1cc(F)ccc1C(=O)O. The van der Waals surface area contributed by atoms with E-state index in [4.69, 9.17) is 14.2 Å². The predicted molar refractivity (Wildman–Crippen MR) is 129 cm³/mol. The molecule has 9 nitrogen and oxygen atoms in total. The molecule has 0 bridgehead atoms. The highest BCUT2D eigenvalue weighted by atomic mass is 79.9. The average Bonchev–Trinajstić information content (AvgIpc) is 2.66. The molecule has 1 unspecified atom stereocenters. The van der Waals surface area contributed by atoms with Crippen molar-refractivity contribution in [3.8, 4) is 5.75 Å². The predicted octanol–water partition coefficient (Wildman–Crippen LogP) is 6.50. The number of carboxylic acids is 1. The van der Waals surface area contributed by atoms with Crippen molar-refractivity contribution >= 4 is 39.9 Å². The molecule has 0 aliphatic carbocycles. The van der Waals surface area contributed by atoms with E-state index in [1.165, 1.54) is 19.2 Å². The van der Waals surface area contributed by atoms with Gasteiger partial charge in [-0.05, 0) is 88.7 Å². The molecular weight excluding hydrogens is 527 g/mol. The standard InChI is InChI=1S/C24H28BrFN2O7/c1-13(17-11-15(26)8-9-16(17)20(29)30)33-18-10-14(25)12-27-19(18)28(21(31)34-23(2,3)4)22(32)35-24(5,6)7/h8-13H,1-7H3,(H,29,30). The van der Waals surface area contributed by atoms with Crippen LogP contribution in [0.2, 0.25) is 0 Å². The minimum atomic E-state index is -1.27. The lowest BCUT2D eigenvalue weighted by molar-refractivity contribution is 0.0425. The molecule has 11 heteroatoms. The Kier molecular flexibility index (Phi) is 8.48. The Morgan fingerprint density at radius 3 is 2.06 bits per heavy atom. The van der Waals surface area contributed by atoms with Crippen molar-refractivity contribution in [2.45, 2.75) is 65.8 Å². The second-order valence-electron chi connectivity index (χ2n) is 9.57. The molecule has 0 saturated carbocycles. The summed E-state index contributed by atoms with van der Waals surface area (Å²) in [5.74, 6) is -2.26. The van der Waals surface area contributed by atoms with Crippen LogP contribution < -0.4 is 9.64 Å². The van der Waals surface area contributed by atoms with Crippen LogP contribution in [0.3, 0.4) is 0 Å². The maximum Gasteiger partial charge on any atom is 0.425 e. The van der Waals surface area contributed by atoms with Crippen LogP contribution >= 0.6 is 15.9 Å². The minimum Gasteiger partial charge on any atom is -0.482 e. The number of carbonyl (C=O) groups is 3. The monoisotopic (exact) mass is 554 g/mol. The van der Waals surface area contributed by atoms with Gasteiger partial charge in [-0.3, -0.25) is 0 Å². The first kappa shape index (κ1) is 28.0. The van der Waals surface area contributed by atoms with Crippen molar-refractivity contribution in [2.75, 3.05) is 4.90 Å². The van der Waals surface area contributed by atoms with E-state index in [-0.39, 0.29) is 22.7 Å². The number of carbonyl (C=O) groups excluding carboxylic acids is 2. The molecule has 1 aromatic heterocycles. The molecule has 0 radical (unpaired) electrons. The molecular formula is C24H28BrFN2O7. The van der Waals surface area contributed by atoms with Crippen LogP contribution in [-0.2, 0) is 9.47 Å². The number of rotatable bonds is 5. The highest BCUT2D eigenvalue weighted by molar-refractivity contribution is 9.10. The van der Waals surface area contributed by atoms with Crippen molar-refractivity contribution < 1.29 is 38.1 Å². The fourth-order valence-electron chi connectivity index (χ4n) is 2.85. The molecule has 1 aromatic carbocycles. The quantitative estimate of drug-likeness (QED) is 0.445. The molecule has 190 valence electrons. The molecule has 35 heavy (non-hydrogen) atoms. The summed E-state index contributed by atoms with van der Waals surface area (Å²) in [5.41, 5.74) is -2.01. The minimum absolute atomic E-state index is 0.0458. The molecule has 1 atom stereocenters. The summed E-state index contributed by atoms with van der Waals surface area (Å²) in [6, 6.07) is 4.62. The molecule has 0 spiro atoms. The van der Waals surface area contributed by atoms with Gasteiger partial charge < -0.3 is 19.3 Å². The van der Waals surface area contributed by atoms with E-state index in [1.807, 2.05) is 0 Å². The van der Waals surface area contributed by atoms with Gasteiger partial charge in [0.1, 0.15) is 23.1 Å². The van der Waals surface area contributed by atoms with E-state index in [0.29, 0.717) is 9.37 Å². The zero-order chi connectivity index (χ0) is 26.7. The molecule has 0 aliphatic rings. The van der Waals surface area contributed by atoms with Crippen LogP contribution in [0.25, 0.3) is 0 Å². The van der Waals surface area contributed by atoms with Crippen LogP contribution in [0.1, 0.15) is 70.5 Å². The Balaban J connectivity index is 2.58. The van der Waals surface area contributed by atoms with Crippen molar-refractivity contribution in [1.82, 2.24) is 4.98 Å². The number of hydrogen-bond acceptors (Lipinski definition) is 7. The first-order valence-electron chi connectivity index (χ1n) is 10.6. The normalized spacial score (nSPS) is 12.5. The maximum absolute atomic E-state index is 13.9. The smallest absolute Gasteiger partial charge is 0.425 e. The number of aromatic carboxylic acids is 1. The van der Waals surface area contributed by atoms with Gasteiger partial charge in [-0.25, -0.2) is 23.8 Å². The number of benzene rings is 1. The molecule has 2 rings (SSSR count). The van der Waals surface area contributed by atoms with Gasteiger partial charge in [-0.1, -0.05) is 0 Å². The van der Waals surface area contributed by atoms with Gasteiger partial charge in [0, 0.05) is 16.2 Å². The van der Waals surface area contributed by atoms with E-state index in [9.17, 15) is 23.9 Å². The number of hydrogen-bond donors (Lipinski definition) is 1. The fraction of sp³-hybridized carbons (Fsp3) is 0.417. The summed E-state index contributed by atoms with van der Waals surface area (Å²) < 4.78 is 31.0. The van der Waals surface area contributed by atoms with Crippen molar-refractivity contribution in [3.63, 3.8) is 0 Å². The summed E-state index contributed by atoms with van der Waals surface area (Å²) in [7, 11) is 0. The summed E-state index contributed by atoms with van der Waals surface area (Å²) in [6.45, 7) is 11.3. The molecule has 0 saturated heterocycles. The highest BCUT2D eigenvalue weighted by Crippen LogP contribution is 2.35. The topological polar surface area (TPSA) is 115 Å². The lowest BCUT2D eigenvalue weighted by atomic mass is 10.0. The Morgan fingerprint density at radius 2 is 1.57 bits per heavy atom. The van der Waals surface area contributed by atoms with Crippen LogP contribution in [0.5, 0.6) is 5.75 Å². The van der Waals surface area contributed by atoms with Gasteiger partial charge in [0.25, 0.3) is 0 Å². The third-order valence-corrected chi connectivity index (χ3v) is 4.58. The van der Waals surface area contributed by atoms with Crippen molar-refractivity contribution in [2.24, 2.45) is 0 Å². The second-order valence-corrected chi connectivity index (χ2v) is 10.5. The average molecular weight is 555 g/mol. The third kappa shape index (κ3) is 7.91. The van der Waals surface area contributed by atoms with Crippen LogP contribution in [0.15, 0.2) is 34.9 Å². The first-order chi connectivity index (χ1) is 16.0. The largest absolute Gasteiger partial charge is 0.482 e. The third-order valence-electron chi connectivity index (χ3n) is 4.15. The first-order valence-corrected chi connectivity index (χ1v) is 11.4. The number of halogens is 2. The molecule has 1 N–H and O–H groups in total. The molecule has 0 fully saturated rings. The Morgan fingerprint density at radius 1 is 1.03 bits per heavy atom. The molecule has 1 heterocycles. The van der Waals surface area contributed by atoms with E-state index < -0.39 is 41.3 Å². The van der Waals surface area contributed by atoms with Crippen molar-refractivity contribution in [3.05, 3.63) is 51.9 Å². The Labute approximate surface area is 211 Å². The van der Waals surface area contributed by atoms with Crippen molar-refractivity contribution in [1.29, 1.82) is 0 Å². The zero-order valence-electron chi connectivity index (χ0n) is 20.5. The summed E-state index contributed by atoms with van der Waals surface area (Å²) in [4.78, 5) is 42.5. The Hall–Kier alpha value is -3.21. The number of amides is 2. The van der Waals surface area contributed by atoms with E-state index in [2.05, 4.69) is 20.9 Å². The van der Waals surface area contributed by atoms with Crippen LogP contribution in [0, 0.1) is 5.82 Å². The summed E-state index contributed by atoms with van der Waals surface area (Å²) >= 11 is 3.27. The molecule has 2 aromatic rings. The Bertz CT molecular complexity index is 1100. The van der Waals surface area contributed by atoms with E-state index in [0.717, 1.165) is 18.2 Å². The molecule has 2 amide bonds. The van der Waals surface area contributed by atoms with Gasteiger partial charge in [0.15, 0.2) is 11.6 Å². The maximum atomic E-state index is 13.9. The number of nitrogens with zero attached hydrogens (tertiary/aromatic N) is 2. The van der Waals surface area contributed by atoms with E-state index >= 15 is 0 Å². The zero-order valence-corrected chi connectivity index (χ0v) is 22.1. The lowest BCUT2D eigenvalue weighted by Crippen LogP contribution is -2.44. The second kappa shape index (κ2) is 10.6. The number of imide groups is 1. The van der Waals surface area contributed by atoms with Gasteiger partial charge >= 0.3 is 18.2 Å². The fourth-order valence-corrected chi connectivity index (χ4v) is 3.16. The number of ether oxygens (including phenoxy) is 3. The van der Waals surface area contributed by atoms with Crippen LogP contribution in [-0.4, -0.2) is 39.4 Å². The number of anilines is 1. The van der Waals surface area contributed by atoms with E-state index in [1.54, 1.807) is 41.5 Å². The molecule has 0 aliphatic heterocycles. The number of aromatic nitrogens is 1. The van der Waals surface area contributed by atoms with Gasteiger partial charge in [-0.2, -0.15) is 4.90 Å². The number of carboxylic acid groups (broad SMARTS) is 1. The highest BCUT2D eigenvalue weighted by Gasteiger charge is 2.36. The summed E-state index contributed by atoms with van der Waals surface area (Å²) in [5, 5.41) is 9.49.